The summed E-state index contributed by atoms with van der Waals surface area (Å²) in [6.45, 7) is 11.9. The average Bonchev–Trinajstić information content (AvgIpc) is 1.02. The van der Waals surface area contributed by atoms with E-state index in [1.54, 1.807) is 0 Å². The van der Waals surface area contributed by atoms with Gasteiger partial charge in [0.15, 0.2) is 12.2 Å². The van der Waals surface area contributed by atoms with E-state index in [1.807, 2.05) is 0 Å². The van der Waals surface area contributed by atoms with Crippen molar-refractivity contribution in [3.8, 4) is 0 Å². The molecule has 0 aliphatic carbocycles. The number of aliphatic hydroxyl groups is 1. The number of carbonyl (C=O) groups excluding carboxylic acids is 4. The van der Waals surface area contributed by atoms with Crippen molar-refractivity contribution >= 4 is 39.5 Å². The monoisotopic (exact) mass is 1440 g/mol. The highest BCUT2D eigenvalue weighted by Gasteiger charge is 2.30. The first kappa shape index (κ1) is 96.1. The van der Waals surface area contributed by atoms with E-state index in [4.69, 9.17) is 37.0 Å². The summed E-state index contributed by atoms with van der Waals surface area (Å²) >= 11 is 0. The third-order valence-electron chi connectivity index (χ3n) is 18.7. The van der Waals surface area contributed by atoms with E-state index in [1.165, 1.54) is 212 Å². The van der Waals surface area contributed by atoms with Crippen LogP contribution in [0, 0.1) is 17.8 Å². The predicted octanol–water partition coefficient (Wildman–Crippen LogP) is 23.4. The lowest BCUT2D eigenvalue weighted by atomic mass is 10.00. The minimum atomic E-state index is -4.96. The van der Waals surface area contributed by atoms with Crippen LogP contribution in [0.15, 0.2) is 0 Å². The SMILES string of the molecule is CCCCCCCCCCCCCCCCCCC(=O)OC[C@H](COP(=O)(O)OC[C@@H](O)COP(=O)(O)OC[C@@H](COC(=O)CCCCCCCCC(C)CC)OC(=O)CCCCCCCCCCC(C)C)OC(=O)CCCCCCCCCCCCCCCCCCCCC(C)C. The van der Waals surface area contributed by atoms with Gasteiger partial charge in [-0.15, -0.1) is 0 Å². The van der Waals surface area contributed by atoms with Crippen molar-refractivity contribution in [3.05, 3.63) is 0 Å². The molecule has 0 saturated carbocycles. The van der Waals surface area contributed by atoms with Gasteiger partial charge >= 0.3 is 39.5 Å². The normalized spacial score (nSPS) is 14.3. The molecule has 0 bridgehead atoms. The zero-order valence-electron chi connectivity index (χ0n) is 64.3. The zero-order chi connectivity index (χ0) is 72.3. The fourth-order valence-electron chi connectivity index (χ4n) is 12.1. The Hall–Kier alpha value is -1.94. The molecular formula is C79H154O17P2. The molecule has 0 fully saturated rings. The lowest BCUT2D eigenvalue weighted by Gasteiger charge is -2.21. The van der Waals surface area contributed by atoms with Gasteiger partial charge in [-0.25, -0.2) is 9.13 Å². The Morgan fingerprint density at radius 2 is 0.520 bits per heavy atom. The molecule has 582 valence electrons. The lowest BCUT2D eigenvalue weighted by molar-refractivity contribution is -0.161. The van der Waals surface area contributed by atoms with Crippen molar-refractivity contribution in [1.29, 1.82) is 0 Å². The standard InChI is InChI=1S/C79H154O17P2/c1-8-10-11-12-13-14-15-16-17-23-26-29-32-38-46-53-60-76(81)89-66-74(95-78(83)62-55-48-39-33-30-27-24-21-19-18-20-22-25-28-31-36-43-50-57-70(3)4)68-93-97(85,86)91-64-73(80)65-92-98(87,88)94-69-75(67-90-77(82)61-54-47-42-41-45-52-59-72(7)9-2)96-79(84)63-56-49-40-35-34-37-44-51-58-71(5)6/h70-75,80H,8-69H2,1-7H3,(H,85,86)(H,87,88)/t72?,73-,74-,75-/m1/s1. The number of ether oxygens (including phenoxy) is 4. The first-order chi connectivity index (χ1) is 47.3. The molecule has 0 aromatic rings. The van der Waals surface area contributed by atoms with Crippen molar-refractivity contribution in [3.63, 3.8) is 0 Å². The van der Waals surface area contributed by atoms with Gasteiger partial charge in [0.2, 0.25) is 0 Å². The van der Waals surface area contributed by atoms with Crippen LogP contribution in [-0.2, 0) is 65.4 Å². The number of phosphoric ester groups is 2. The second kappa shape index (κ2) is 69.4. The molecule has 0 aromatic carbocycles. The highest BCUT2D eigenvalue weighted by molar-refractivity contribution is 7.47. The second-order valence-electron chi connectivity index (χ2n) is 29.6. The zero-order valence-corrected chi connectivity index (χ0v) is 66.0. The molecular weight excluding hydrogens is 1280 g/mol. The van der Waals surface area contributed by atoms with Crippen LogP contribution in [0.25, 0.3) is 0 Å². The Morgan fingerprint density at radius 1 is 0.296 bits per heavy atom. The molecule has 0 radical (unpaired) electrons. The number of unbranched alkanes of at least 4 members (excludes halogenated alkanes) is 44. The molecule has 0 aliphatic heterocycles. The molecule has 0 spiro atoms. The van der Waals surface area contributed by atoms with Crippen LogP contribution in [0.4, 0.5) is 0 Å². The van der Waals surface area contributed by atoms with Gasteiger partial charge in [-0.05, 0) is 43.4 Å². The third kappa shape index (κ3) is 71.1. The molecule has 3 unspecified atom stereocenters. The Kier molecular flexibility index (Phi) is 68.1. The lowest BCUT2D eigenvalue weighted by Crippen LogP contribution is -2.30. The van der Waals surface area contributed by atoms with E-state index in [-0.39, 0.29) is 25.7 Å². The first-order valence-corrected chi connectivity index (χ1v) is 43.9. The fourth-order valence-corrected chi connectivity index (χ4v) is 13.7. The van der Waals surface area contributed by atoms with Crippen LogP contribution in [0.3, 0.4) is 0 Å². The van der Waals surface area contributed by atoms with Gasteiger partial charge in [-0.1, -0.05) is 357 Å². The van der Waals surface area contributed by atoms with Gasteiger partial charge in [-0.2, -0.15) is 0 Å². The highest BCUT2D eigenvalue weighted by atomic mass is 31.2. The van der Waals surface area contributed by atoms with E-state index in [9.17, 15) is 43.2 Å². The van der Waals surface area contributed by atoms with Crippen molar-refractivity contribution < 1.29 is 80.2 Å². The molecule has 0 amide bonds. The van der Waals surface area contributed by atoms with E-state index in [0.717, 1.165) is 114 Å². The Labute approximate surface area is 600 Å². The Balaban J connectivity index is 5.21. The van der Waals surface area contributed by atoms with Crippen LogP contribution in [0.2, 0.25) is 0 Å². The van der Waals surface area contributed by atoms with Crippen molar-refractivity contribution in [2.45, 2.75) is 426 Å². The van der Waals surface area contributed by atoms with Gasteiger partial charge in [0.25, 0.3) is 0 Å². The maximum Gasteiger partial charge on any atom is 0.472 e. The molecule has 0 heterocycles. The summed E-state index contributed by atoms with van der Waals surface area (Å²) in [5.74, 6) is 0.153. The van der Waals surface area contributed by atoms with Crippen LogP contribution < -0.4 is 0 Å². The highest BCUT2D eigenvalue weighted by Crippen LogP contribution is 2.45. The summed E-state index contributed by atoms with van der Waals surface area (Å²) in [4.78, 5) is 72.9. The number of phosphoric acid groups is 2. The fraction of sp³-hybridized carbons (Fsp3) is 0.949. The molecule has 0 saturated heterocycles. The molecule has 6 atom stereocenters. The van der Waals surface area contributed by atoms with Crippen LogP contribution >= 0.6 is 15.6 Å². The van der Waals surface area contributed by atoms with Crippen LogP contribution in [0.1, 0.15) is 408 Å². The topological polar surface area (TPSA) is 237 Å². The molecule has 17 nitrogen and oxygen atoms in total. The second-order valence-corrected chi connectivity index (χ2v) is 32.6. The number of aliphatic hydroxyl groups excluding tert-OH is 1. The molecule has 0 rings (SSSR count). The average molecular weight is 1440 g/mol. The van der Waals surface area contributed by atoms with Gasteiger partial charge in [-0.3, -0.25) is 37.3 Å². The smallest absolute Gasteiger partial charge is 0.462 e. The van der Waals surface area contributed by atoms with E-state index in [0.29, 0.717) is 25.7 Å². The molecule has 0 aliphatic rings. The summed E-state index contributed by atoms with van der Waals surface area (Å²) in [7, 11) is -9.92. The number of rotatable bonds is 77. The molecule has 19 heteroatoms. The Morgan fingerprint density at radius 3 is 0.776 bits per heavy atom. The van der Waals surface area contributed by atoms with Crippen molar-refractivity contribution in [2.75, 3.05) is 39.6 Å². The van der Waals surface area contributed by atoms with E-state index < -0.39 is 97.5 Å². The minimum absolute atomic E-state index is 0.104. The summed E-state index contributed by atoms with van der Waals surface area (Å²) in [6.07, 6.45) is 57.1. The number of hydrogen-bond donors (Lipinski definition) is 3. The van der Waals surface area contributed by atoms with Gasteiger partial charge in [0.05, 0.1) is 26.4 Å². The predicted molar refractivity (Wildman–Crippen MR) is 400 cm³/mol. The van der Waals surface area contributed by atoms with Crippen LogP contribution in [-0.4, -0.2) is 96.7 Å². The molecule has 3 N–H and O–H groups in total. The largest absolute Gasteiger partial charge is 0.472 e. The van der Waals surface area contributed by atoms with Gasteiger partial charge < -0.3 is 33.8 Å². The Bertz CT molecular complexity index is 1910. The van der Waals surface area contributed by atoms with E-state index >= 15 is 0 Å². The van der Waals surface area contributed by atoms with E-state index in [2.05, 4.69) is 48.5 Å². The maximum atomic E-state index is 13.1. The van der Waals surface area contributed by atoms with Gasteiger partial charge in [0, 0.05) is 25.7 Å². The summed E-state index contributed by atoms with van der Waals surface area (Å²) in [6, 6.07) is 0. The number of hydrogen-bond acceptors (Lipinski definition) is 15. The van der Waals surface area contributed by atoms with Crippen LogP contribution in [0.5, 0.6) is 0 Å². The number of esters is 4. The molecule has 0 aromatic heterocycles. The quantitative estimate of drug-likeness (QED) is 0.0222. The summed E-state index contributed by atoms with van der Waals surface area (Å²) in [5, 5.41) is 10.6. The first-order valence-electron chi connectivity index (χ1n) is 40.9. The summed E-state index contributed by atoms with van der Waals surface area (Å²) < 4.78 is 68.6. The minimum Gasteiger partial charge on any atom is -0.462 e. The third-order valence-corrected chi connectivity index (χ3v) is 20.6. The molecule has 98 heavy (non-hydrogen) atoms. The van der Waals surface area contributed by atoms with Crippen molar-refractivity contribution in [2.24, 2.45) is 17.8 Å². The van der Waals surface area contributed by atoms with Crippen molar-refractivity contribution in [1.82, 2.24) is 0 Å². The number of carbonyl (C=O) groups is 4. The summed E-state index contributed by atoms with van der Waals surface area (Å²) in [5.41, 5.74) is 0. The maximum absolute atomic E-state index is 13.1. The van der Waals surface area contributed by atoms with Gasteiger partial charge in [0.1, 0.15) is 19.3 Å².